The van der Waals surface area contributed by atoms with Gasteiger partial charge in [0.2, 0.25) is 5.13 Å². The molecular weight excluding hydrogens is 460 g/mol. The standard InChI is InChI=1S/C23H18N4O6S/c1-11-8-15-9-14(6-7-17(15)33-11)20(28)18-19(13-4-3-5-16(10-13)27(31)32)26(22(30)21(18)29)23-25-24-12(2)34-23/h3-7,9-11,19,28H,8H2,1-2H3/t11-,19-/m0/s1. The maximum absolute atomic E-state index is 13.2. The highest BCUT2D eigenvalue weighted by Crippen LogP contribution is 2.44. The smallest absolute Gasteiger partial charge is 0.301 e. The Morgan fingerprint density at radius 2 is 2.03 bits per heavy atom. The highest BCUT2D eigenvalue weighted by molar-refractivity contribution is 7.15. The average Bonchev–Trinajstić information content (AvgIpc) is 3.48. The minimum Gasteiger partial charge on any atom is -0.507 e. The van der Waals surface area contributed by atoms with Gasteiger partial charge < -0.3 is 9.84 Å². The van der Waals surface area contributed by atoms with Crippen molar-refractivity contribution in [3.05, 3.63) is 79.8 Å². The number of ketones is 1. The van der Waals surface area contributed by atoms with Crippen molar-refractivity contribution in [2.45, 2.75) is 32.4 Å². The highest BCUT2D eigenvalue weighted by Gasteiger charge is 2.48. The summed E-state index contributed by atoms with van der Waals surface area (Å²) in [5, 5.41) is 31.3. The van der Waals surface area contributed by atoms with Gasteiger partial charge in [0.05, 0.1) is 16.5 Å². The molecule has 2 aliphatic heterocycles. The van der Waals surface area contributed by atoms with Crippen molar-refractivity contribution in [1.29, 1.82) is 0 Å². The van der Waals surface area contributed by atoms with E-state index in [9.17, 15) is 24.8 Å². The van der Waals surface area contributed by atoms with Gasteiger partial charge in [0.15, 0.2) is 0 Å². The number of ether oxygens (including phenoxy) is 1. The zero-order valence-electron chi connectivity index (χ0n) is 18.1. The van der Waals surface area contributed by atoms with Crippen molar-refractivity contribution >= 4 is 39.6 Å². The monoisotopic (exact) mass is 478 g/mol. The molecule has 3 heterocycles. The highest BCUT2D eigenvalue weighted by atomic mass is 32.1. The number of anilines is 1. The number of carbonyl (C=O) groups is 2. The van der Waals surface area contributed by atoms with Crippen molar-refractivity contribution in [3.8, 4) is 5.75 Å². The molecule has 0 unspecified atom stereocenters. The zero-order chi connectivity index (χ0) is 24.1. The molecule has 10 nitrogen and oxygen atoms in total. The Kier molecular flexibility index (Phi) is 5.13. The van der Waals surface area contributed by atoms with E-state index < -0.39 is 22.7 Å². The third-order valence-corrected chi connectivity index (χ3v) is 6.57. The molecule has 11 heteroatoms. The zero-order valence-corrected chi connectivity index (χ0v) is 18.9. The lowest BCUT2D eigenvalue weighted by atomic mass is 9.94. The number of hydrogen-bond donors (Lipinski definition) is 1. The number of aliphatic hydroxyl groups is 1. The summed E-state index contributed by atoms with van der Waals surface area (Å²) in [6, 6.07) is 9.55. The molecule has 34 heavy (non-hydrogen) atoms. The van der Waals surface area contributed by atoms with Gasteiger partial charge in [0.1, 0.15) is 22.6 Å². The normalized spacial score (nSPS) is 20.9. The number of aliphatic hydroxyl groups excluding tert-OH is 1. The number of fused-ring (bicyclic) bond motifs is 1. The van der Waals surface area contributed by atoms with E-state index in [0.717, 1.165) is 21.8 Å². The average molecular weight is 478 g/mol. The number of aromatic nitrogens is 2. The van der Waals surface area contributed by atoms with E-state index in [2.05, 4.69) is 10.2 Å². The van der Waals surface area contributed by atoms with Gasteiger partial charge in [-0.05, 0) is 43.2 Å². The number of non-ortho nitro benzene ring substituents is 1. The van der Waals surface area contributed by atoms with Crippen LogP contribution >= 0.6 is 11.3 Å². The summed E-state index contributed by atoms with van der Waals surface area (Å²) in [5.41, 5.74) is 1.13. The molecule has 0 radical (unpaired) electrons. The van der Waals surface area contributed by atoms with E-state index in [1.807, 2.05) is 6.92 Å². The second-order valence-corrected chi connectivity index (χ2v) is 9.24. The van der Waals surface area contributed by atoms with Crippen LogP contribution in [0.4, 0.5) is 10.8 Å². The van der Waals surface area contributed by atoms with Gasteiger partial charge >= 0.3 is 5.91 Å². The van der Waals surface area contributed by atoms with Gasteiger partial charge in [-0.2, -0.15) is 0 Å². The quantitative estimate of drug-likeness (QED) is 0.197. The molecule has 1 amide bonds. The van der Waals surface area contributed by atoms with Crippen molar-refractivity contribution in [1.82, 2.24) is 10.2 Å². The lowest BCUT2D eigenvalue weighted by Crippen LogP contribution is -2.29. The third kappa shape index (κ3) is 3.50. The van der Waals surface area contributed by atoms with Crippen molar-refractivity contribution < 1.29 is 24.4 Å². The van der Waals surface area contributed by atoms with Gasteiger partial charge in [0.25, 0.3) is 11.5 Å². The molecule has 1 N–H and O–H groups in total. The summed E-state index contributed by atoms with van der Waals surface area (Å²) in [4.78, 5) is 38.3. The minimum absolute atomic E-state index is 0.0107. The number of aryl methyl sites for hydroxylation is 1. The Labute approximate surface area is 197 Å². The molecule has 0 aliphatic carbocycles. The van der Waals surface area contributed by atoms with Crippen LogP contribution < -0.4 is 9.64 Å². The van der Waals surface area contributed by atoms with Crippen molar-refractivity contribution in [3.63, 3.8) is 0 Å². The number of nitrogens with zero attached hydrogens (tertiary/aromatic N) is 4. The van der Waals surface area contributed by atoms with E-state index in [-0.39, 0.29) is 28.3 Å². The maximum atomic E-state index is 13.2. The van der Waals surface area contributed by atoms with E-state index in [1.165, 1.54) is 18.2 Å². The lowest BCUT2D eigenvalue weighted by molar-refractivity contribution is -0.384. The topological polar surface area (TPSA) is 136 Å². The van der Waals surface area contributed by atoms with Gasteiger partial charge in [-0.15, -0.1) is 10.2 Å². The van der Waals surface area contributed by atoms with Gasteiger partial charge in [-0.3, -0.25) is 24.6 Å². The number of rotatable bonds is 4. The predicted octanol–water partition coefficient (Wildman–Crippen LogP) is 3.70. The first-order chi connectivity index (χ1) is 16.2. The first-order valence-corrected chi connectivity index (χ1v) is 11.2. The summed E-state index contributed by atoms with van der Waals surface area (Å²) in [7, 11) is 0. The minimum atomic E-state index is -1.12. The fourth-order valence-electron chi connectivity index (χ4n) is 4.26. The molecule has 5 rings (SSSR count). The van der Waals surface area contributed by atoms with Crippen LogP contribution in [0.25, 0.3) is 5.76 Å². The van der Waals surface area contributed by atoms with Gasteiger partial charge in [0, 0.05) is 24.1 Å². The Morgan fingerprint density at radius 1 is 1.24 bits per heavy atom. The molecule has 3 aromatic rings. The Bertz CT molecular complexity index is 1400. The molecule has 1 fully saturated rings. The molecule has 2 aliphatic rings. The lowest BCUT2D eigenvalue weighted by Gasteiger charge is -2.22. The fraction of sp³-hybridized carbons (Fsp3) is 0.217. The summed E-state index contributed by atoms with van der Waals surface area (Å²) in [5.74, 6) is -1.48. The first-order valence-electron chi connectivity index (χ1n) is 10.4. The Balaban J connectivity index is 1.70. The molecule has 2 aromatic carbocycles. The van der Waals surface area contributed by atoms with Crippen LogP contribution in [0.15, 0.2) is 48.0 Å². The molecule has 0 bridgehead atoms. The number of nitro benzene ring substituents is 1. The van der Waals surface area contributed by atoms with Crippen LogP contribution in [0.3, 0.4) is 0 Å². The first kappa shape index (κ1) is 21.7. The second-order valence-electron chi connectivity index (χ2n) is 8.08. The number of nitro groups is 1. The fourth-order valence-corrected chi connectivity index (χ4v) is 4.98. The number of amides is 1. The summed E-state index contributed by atoms with van der Waals surface area (Å²) >= 11 is 1.10. The van der Waals surface area contributed by atoms with E-state index >= 15 is 0 Å². The van der Waals surface area contributed by atoms with Gasteiger partial charge in [-0.25, -0.2) is 0 Å². The second kappa shape index (κ2) is 8.03. The van der Waals surface area contributed by atoms with Crippen LogP contribution in [-0.2, 0) is 16.0 Å². The largest absolute Gasteiger partial charge is 0.507 e. The molecule has 2 atom stereocenters. The van der Waals surface area contributed by atoms with E-state index in [4.69, 9.17) is 4.74 Å². The summed E-state index contributed by atoms with van der Waals surface area (Å²) < 4.78 is 5.70. The Morgan fingerprint density at radius 3 is 2.74 bits per heavy atom. The van der Waals surface area contributed by atoms with Crippen LogP contribution in [0.1, 0.15) is 34.7 Å². The molecule has 1 saturated heterocycles. The molecule has 1 aromatic heterocycles. The maximum Gasteiger partial charge on any atom is 0.301 e. The van der Waals surface area contributed by atoms with E-state index in [1.54, 1.807) is 31.2 Å². The van der Waals surface area contributed by atoms with Crippen molar-refractivity contribution in [2.75, 3.05) is 4.90 Å². The summed E-state index contributed by atoms with van der Waals surface area (Å²) in [6.45, 7) is 3.63. The molecule has 172 valence electrons. The van der Waals surface area contributed by atoms with Gasteiger partial charge in [-0.1, -0.05) is 23.5 Å². The van der Waals surface area contributed by atoms with Crippen LogP contribution in [0.2, 0.25) is 0 Å². The number of hydrogen-bond acceptors (Lipinski definition) is 9. The van der Waals surface area contributed by atoms with E-state index in [0.29, 0.717) is 28.3 Å². The molecular formula is C23H18N4O6S. The number of carbonyl (C=O) groups excluding carboxylic acids is 2. The SMILES string of the molecule is Cc1nnc(N2C(=O)C(=O)C(=C(O)c3ccc4c(c3)C[C@H](C)O4)[C@@H]2c2cccc([N+](=O)[O-])c2)s1. The molecule has 0 saturated carbocycles. The molecule has 0 spiro atoms. The third-order valence-electron chi connectivity index (χ3n) is 5.73. The van der Waals surface area contributed by atoms with Crippen LogP contribution in [0.5, 0.6) is 5.75 Å². The van der Waals surface area contributed by atoms with Crippen molar-refractivity contribution in [2.24, 2.45) is 0 Å². The summed E-state index contributed by atoms with van der Waals surface area (Å²) in [6.07, 6.45) is 0.631. The van der Waals surface area contributed by atoms with Crippen LogP contribution in [-0.4, -0.2) is 38.0 Å². The number of benzene rings is 2. The number of Topliss-reactive ketones (excluding diaryl/α,β-unsaturated/α-hetero) is 1. The predicted molar refractivity (Wildman–Crippen MR) is 123 cm³/mol. The Hall–Kier alpha value is -4.12. The van der Waals surface area contributed by atoms with Crippen LogP contribution in [0, 0.1) is 17.0 Å².